The smallest absolute Gasteiger partial charge is 0.119 e. The molecule has 0 bridgehead atoms. The topological polar surface area (TPSA) is 3.24 Å². The number of anilines is 1. The van der Waals surface area contributed by atoms with E-state index in [1.807, 2.05) is 29.2 Å². The first-order valence-electron chi connectivity index (χ1n) is 4.40. The number of rotatable bonds is 1. The Hall–Kier alpha value is -0.760. The summed E-state index contributed by atoms with van der Waals surface area (Å²) in [5.74, 6) is 0. The second kappa shape index (κ2) is 3.54. The molecule has 3 heteroatoms. The average molecular weight is 200 g/mol. The molecular formula is C10H11ClFN. The molecule has 1 aromatic rings. The minimum absolute atomic E-state index is 0.516. The van der Waals surface area contributed by atoms with Crippen LogP contribution in [0.25, 0.3) is 0 Å². The van der Waals surface area contributed by atoms with E-state index in [0.717, 1.165) is 17.3 Å². The molecule has 0 aliphatic carbocycles. The molecule has 1 aliphatic rings. The largest absolute Gasteiger partial charge is 0.369 e. The Kier molecular flexibility index (Phi) is 2.40. The predicted octanol–water partition coefficient (Wildman–Crippen LogP) is 2.89. The van der Waals surface area contributed by atoms with Crippen molar-refractivity contribution in [2.75, 3.05) is 18.0 Å². The minimum atomic E-state index is -0.671. The molecule has 0 amide bonds. The highest BCUT2D eigenvalue weighted by atomic mass is 35.5. The van der Waals surface area contributed by atoms with E-state index in [0.29, 0.717) is 13.0 Å². The van der Waals surface area contributed by atoms with Crippen LogP contribution in [0.3, 0.4) is 0 Å². The number of hydrogen-bond donors (Lipinski definition) is 0. The predicted molar refractivity (Wildman–Crippen MR) is 53.2 cm³/mol. The van der Waals surface area contributed by atoms with E-state index in [9.17, 15) is 4.39 Å². The van der Waals surface area contributed by atoms with E-state index in [1.165, 1.54) is 0 Å². The van der Waals surface area contributed by atoms with Crippen molar-refractivity contribution in [2.45, 2.75) is 12.6 Å². The number of alkyl halides is 1. The number of nitrogens with zero attached hydrogens (tertiary/aromatic N) is 1. The molecule has 13 heavy (non-hydrogen) atoms. The van der Waals surface area contributed by atoms with E-state index in [1.54, 1.807) is 0 Å². The summed E-state index contributed by atoms with van der Waals surface area (Å²) in [4.78, 5) is 2.04. The summed E-state index contributed by atoms with van der Waals surface area (Å²) in [6.45, 7) is 1.32. The van der Waals surface area contributed by atoms with Crippen LogP contribution in [0.15, 0.2) is 24.3 Å². The van der Waals surface area contributed by atoms with Gasteiger partial charge in [-0.25, -0.2) is 4.39 Å². The molecule has 1 aromatic carbocycles. The van der Waals surface area contributed by atoms with Crippen molar-refractivity contribution in [3.63, 3.8) is 0 Å². The first kappa shape index (κ1) is 8.82. The Morgan fingerprint density at radius 3 is 2.54 bits per heavy atom. The summed E-state index contributed by atoms with van der Waals surface area (Å²) in [7, 11) is 0. The molecule has 1 saturated heterocycles. The third-order valence-electron chi connectivity index (χ3n) is 2.32. The SMILES string of the molecule is FC1CCN(c2ccc(Cl)cc2)C1. The molecule has 1 unspecified atom stereocenters. The molecule has 0 radical (unpaired) electrons. The van der Waals surface area contributed by atoms with Crippen molar-refractivity contribution in [1.29, 1.82) is 0 Å². The third kappa shape index (κ3) is 1.94. The van der Waals surface area contributed by atoms with E-state index in [4.69, 9.17) is 11.6 Å². The van der Waals surface area contributed by atoms with Crippen LogP contribution < -0.4 is 4.90 Å². The molecule has 70 valence electrons. The summed E-state index contributed by atoms with van der Waals surface area (Å²) >= 11 is 5.75. The molecule has 0 spiro atoms. The fourth-order valence-electron chi connectivity index (χ4n) is 1.60. The van der Waals surface area contributed by atoms with Crippen molar-refractivity contribution < 1.29 is 4.39 Å². The summed E-state index contributed by atoms with van der Waals surface area (Å²) in [5.41, 5.74) is 1.06. The van der Waals surface area contributed by atoms with Gasteiger partial charge in [0.1, 0.15) is 6.17 Å². The van der Waals surface area contributed by atoms with Gasteiger partial charge < -0.3 is 4.90 Å². The molecule has 1 heterocycles. The van der Waals surface area contributed by atoms with E-state index < -0.39 is 6.17 Å². The zero-order valence-corrected chi connectivity index (χ0v) is 7.97. The van der Waals surface area contributed by atoms with E-state index >= 15 is 0 Å². The summed E-state index contributed by atoms with van der Waals surface area (Å²) in [6, 6.07) is 7.53. The Bertz CT molecular complexity index is 285. The molecule has 0 saturated carbocycles. The van der Waals surface area contributed by atoms with E-state index in [-0.39, 0.29) is 0 Å². The molecule has 1 fully saturated rings. The van der Waals surface area contributed by atoms with Crippen LogP contribution in [0, 0.1) is 0 Å². The standard InChI is InChI=1S/C10H11ClFN/c11-8-1-3-10(4-2-8)13-6-5-9(12)7-13/h1-4,9H,5-7H2. The van der Waals surface area contributed by atoms with Crippen molar-refractivity contribution in [3.05, 3.63) is 29.3 Å². The van der Waals surface area contributed by atoms with Gasteiger partial charge in [-0.15, -0.1) is 0 Å². The highest BCUT2D eigenvalue weighted by Crippen LogP contribution is 2.23. The van der Waals surface area contributed by atoms with Crippen LogP contribution in [-0.4, -0.2) is 19.3 Å². The number of benzene rings is 1. The molecule has 1 aliphatic heterocycles. The zero-order chi connectivity index (χ0) is 9.26. The average Bonchev–Trinajstić information content (AvgIpc) is 2.53. The fourth-order valence-corrected chi connectivity index (χ4v) is 1.73. The minimum Gasteiger partial charge on any atom is -0.369 e. The maximum atomic E-state index is 12.9. The third-order valence-corrected chi connectivity index (χ3v) is 2.57. The zero-order valence-electron chi connectivity index (χ0n) is 7.21. The van der Waals surface area contributed by atoms with Gasteiger partial charge in [-0.2, -0.15) is 0 Å². The van der Waals surface area contributed by atoms with Crippen molar-refractivity contribution in [1.82, 2.24) is 0 Å². The van der Waals surface area contributed by atoms with Gasteiger partial charge in [0.15, 0.2) is 0 Å². The van der Waals surface area contributed by atoms with Crippen LogP contribution in [0.5, 0.6) is 0 Å². The maximum absolute atomic E-state index is 12.9. The van der Waals surface area contributed by atoms with Crippen LogP contribution in [0.4, 0.5) is 10.1 Å². The van der Waals surface area contributed by atoms with Crippen LogP contribution in [0.2, 0.25) is 5.02 Å². The van der Waals surface area contributed by atoms with Gasteiger partial charge >= 0.3 is 0 Å². The maximum Gasteiger partial charge on any atom is 0.119 e. The normalized spacial score (nSPS) is 22.3. The lowest BCUT2D eigenvalue weighted by molar-refractivity contribution is 0.364. The van der Waals surface area contributed by atoms with Crippen molar-refractivity contribution >= 4 is 17.3 Å². The highest BCUT2D eigenvalue weighted by Gasteiger charge is 2.21. The quantitative estimate of drug-likeness (QED) is 0.672. The lowest BCUT2D eigenvalue weighted by Crippen LogP contribution is -2.19. The summed E-state index contributed by atoms with van der Waals surface area (Å²) in [5, 5.41) is 0.722. The Morgan fingerprint density at radius 1 is 1.31 bits per heavy atom. The van der Waals surface area contributed by atoms with Gasteiger partial charge in [-0.05, 0) is 30.7 Å². The Morgan fingerprint density at radius 2 is 2.00 bits per heavy atom. The summed E-state index contributed by atoms with van der Waals surface area (Å²) < 4.78 is 12.9. The monoisotopic (exact) mass is 199 g/mol. The van der Waals surface area contributed by atoms with Gasteiger partial charge in [-0.3, -0.25) is 0 Å². The van der Waals surface area contributed by atoms with Crippen LogP contribution >= 0.6 is 11.6 Å². The van der Waals surface area contributed by atoms with Gasteiger partial charge in [0.25, 0.3) is 0 Å². The van der Waals surface area contributed by atoms with Crippen LogP contribution in [0.1, 0.15) is 6.42 Å². The van der Waals surface area contributed by atoms with Crippen molar-refractivity contribution in [3.8, 4) is 0 Å². The lowest BCUT2D eigenvalue weighted by atomic mass is 10.3. The molecular weight excluding hydrogens is 189 g/mol. The van der Waals surface area contributed by atoms with E-state index in [2.05, 4.69) is 0 Å². The molecule has 0 N–H and O–H groups in total. The second-order valence-corrected chi connectivity index (χ2v) is 3.74. The Balaban J connectivity index is 2.13. The molecule has 2 rings (SSSR count). The van der Waals surface area contributed by atoms with Gasteiger partial charge in [0, 0.05) is 23.8 Å². The number of hydrogen-bond acceptors (Lipinski definition) is 1. The molecule has 1 atom stereocenters. The lowest BCUT2D eigenvalue weighted by Gasteiger charge is -2.17. The molecule has 0 aromatic heterocycles. The highest BCUT2D eigenvalue weighted by molar-refractivity contribution is 6.30. The van der Waals surface area contributed by atoms with Crippen LogP contribution in [-0.2, 0) is 0 Å². The Labute approximate surface area is 82.1 Å². The first-order chi connectivity index (χ1) is 6.25. The summed E-state index contributed by atoms with van der Waals surface area (Å²) in [6.07, 6.45) is -0.0292. The first-order valence-corrected chi connectivity index (χ1v) is 4.78. The second-order valence-electron chi connectivity index (χ2n) is 3.31. The fraction of sp³-hybridized carbons (Fsp3) is 0.400. The van der Waals surface area contributed by atoms with Gasteiger partial charge in [0.05, 0.1) is 0 Å². The van der Waals surface area contributed by atoms with Crippen molar-refractivity contribution in [2.24, 2.45) is 0 Å². The van der Waals surface area contributed by atoms with Gasteiger partial charge in [-0.1, -0.05) is 11.6 Å². The number of halogens is 2. The van der Waals surface area contributed by atoms with Gasteiger partial charge in [0.2, 0.25) is 0 Å². The molecule has 1 nitrogen and oxygen atoms in total.